The zero-order valence-electron chi connectivity index (χ0n) is 18.3. The van der Waals surface area contributed by atoms with Gasteiger partial charge in [-0.1, -0.05) is 43.9 Å². The van der Waals surface area contributed by atoms with Crippen LogP contribution >= 0.6 is 46.2 Å². The van der Waals surface area contributed by atoms with Gasteiger partial charge in [0.1, 0.15) is 5.82 Å². The van der Waals surface area contributed by atoms with Gasteiger partial charge in [-0.05, 0) is 42.4 Å². The molecule has 3 heterocycles. The third kappa shape index (κ3) is 4.12. The molecule has 2 N–H and O–H groups in total. The fourth-order valence-corrected chi connectivity index (χ4v) is 8.31. The standard InChI is InChI=1S/C22H25N5OS4/c1-4-12-10-13(20(31-12)29-5-2)17-14(11-23)19(24)27(15-8-7-9-16(28)18(15)17)21-25-26-22(32-21)30-6-3/h10,17H,4-9,24H2,1-3H3. The number of nitriles is 1. The van der Waals surface area contributed by atoms with E-state index in [0.717, 1.165) is 46.4 Å². The minimum atomic E-state index is -0.415. The minimum absolute atomic E-state index is 0.103. The number of hydrogen-bond acceptors (Lipinski definition) is 10. The fourth-order valence-electron chi connectivity index (χ4n) is 4.15. The molecule has 2 aliphatic rings. The van der Waals surface area contributed by atoms with Crippen molar-refractivity contribution in [3.05, 3.63) is 39.2 Å². The Morgan fingerprint density at radius 2 is 2.00 bits per heavy atom. The molecule has 2 aromatic heterocycles. The van der Waals surface area contributed by atoms with Crippen LogP contribution in [0.3, 0.4) is 0 Å². The number of aromatic nitrogens is 2. The molecule has 1 aliphatic carbocycles. The number of anilines is 1. The zero-order valence-corrected chi connectivity index (χ0v) is 21.6. The molecule has 0 bridgehead atoms. The molecule has 168 valence electrons. The average molecular weight is 504 g/mol. The first-order valence-corrected chi connectivity index (χ1v) is 14.3. The van der Waals surface area contributed by atoms with Gasteiger partial charge >= 0.3 is 0 Å². The maximum absolute atomic E-state index is 13.3. The van der Waals surface area contributed by atoms with E-state index in [0.29, 0.717) is 28.5 Å². The van der Waals surface area contributed by atoms with E-state index < -0.39 is 5.92 Å². The highest BCUT2D eigenvalue weighted by atomic mass is 32.2. The van der Waals surface area contributed by atoms with Crippen molar-refractivity contribution in [1.82, 2.24) is 10.2 Å². The van der Waals surface area contributed by atoms with Gasteiger partial charge in [-0.2, -0.15) is 5.26 Å². The van der Waals surface area contributed by atoms with Gasteiger partial charge in [0.2, 0.25) is 5.13 Å². The van der Waals surface area contributed by atoms with Crippen molar-refractivity contribution in [3.63, 3.8) is 0 Å². The number of thioether (sulfide) groups is 2. The lowest BCUT2D eigenvalue weighted by Crippen LogP contribution is -2.38. The van der Waals surface area contributed by atoms with Gasteiger partial charge in [0.15, 0.2) is 10.1 Å². The summed E-state index contributed by atoms with van der Waals surface area (Å²) in [7, 11) is 0. The Morgan fingerprint density at radius 3 is 2.69 bits per heavy atom. The van der Waals surface area contributed by atoms with Crippen LogP contribution in [0, 0.1) is 11.3 Å². The molecule has 0 saturated carbocycles. The van der Waals surface area contributed by atoms with E-state index >= 15 is 0 Å². The summed E-state index contributed by atoms with van der Waals surface area (Å²) in [6.07, 6.45) is 2.92. The molecule has 0 aromatic carbocycles. The number of ketones is 1. The van der Waals surface area contributed by atoms with E-state index in [1.54, 1.807) is 34.9 Å². The van der Waals surface area contributed by atoms with Crippen molar-refractivity contribution >= 4 is 57.1 Å². The second-order valence-electron chi connectivity index (χ2n) is 7.34. The topological polar surface area (TPSA) is 95.9 Å². The summed E-state index contributed by atoms with van der Waals surface area (Å²) in [6, 6.07) is 4.53. The maximum atomic E-state index is 13.3. The molecule has 0 amide bonds. The number of hydrogen-bond donors (Lipinski definition) is 1. The number of rotatable bonds is 7. The normalized spacial score (nSPS) is 18.9. The van der Waals surface area contributed by atoms with Gasteiger partial charge in [0, 0.05) is 22.6 Å². The summed E-state index contributed by atoms with van der Waals surface area (Å²) in [4.78, 5) is 16.4. The van der Waals surface area contributed by atoms with E-state index in [1.165, 1.54) is 20.4 Å². The van der Waals surface area contributed by atoms with Crippen molar-refractivity contribution < 1.29 is 4.79 Å². The second-order valence-corrected chi connectivity index (χ2v) is 12.5. The smallest absolute Gasteiger partial charge is 0.219 e. The quantitative estimate of drug-likeness (QED) is 0.481. The van der Waals surface area contributed by atoms with Gasteiger partial charge in [-0.3, -0.25) is 9.69 Å². The molecule has 0 fully saturated rings. The molecule has 6 nitrogen and oxygen atoms in total. The predicted molar refractivity (Wildman–Crippen MR) is 134 cm³/mol. The Labute approximate surface area is 205 Å². The van der Waals surface area contributed by atoms with Crippen LogP contribution in [0.4, 0.5) is 5.13 Å². The number of carbonyl (C=O) groups excluding carboxylic acids is 1. The summed E-state index contributed by atoms with van der Waals surface area (Å²) in [5.41, 5.74) is 9.72. The molecule has 2 aromatic rings. The molecule has 1 atom stereocenters. The van der Waals surface area contributed by atoms with Crippen LogP contribution in [0.15, 0.2) is 37.3 Å². The summed E-state index contributed by atoms with van der Waals surface area (Å²) < 4.78 is 2.03. The first-order valence-electron chi connectivity index (χ1n) is 10.7. The van der Waals surface area contributed by atoms with Crippen molar-refractivity contribution in [1.29, 1.82) is 5.26 Å². The van der Waals surface area contributed by atoms with Gasteiger partial charge in [0.25, 0.3) is 0 Å². The Balaban J connectivity index is 1.92. The third-order valence-electron chi connectivity index (χ3n) is 5.48. The lowest BCUT2D eigenvalue weighted by atomic mass is 9.76. The number of Topliss-reactive ketones (excluding diaryl/α,β-unsaturated/α-hetero) is 1. The highest BCUT2D eigenvalue weighted by molar-refractivity contribution is 8.01. The monoisotopic (exact) mass is 503 g/mol. The lowest BCUT2D eigenvalue weighted by Gasteiger charge is -2.38. The van der Waals surface area contributed by atoms with Crippen LogP contribution in [0.25, 0.3) is 0 Å². The molecule has 1 aliphatic heterocycles. The van der Waals surface area contributed by atoms with E-state index in [4.69, 9.17) is 5.73 Å². The second kappa shape index (κ2) is 10.00. The number of nitrogens with two attached hydrogens (primary N) is 1. The van der Waals surface area contributed by atoms with Crippen LogP contribution in [0.2, 0.25) is 0 Å². The summed E-state index contributed by atoms with van der Waals surface area (Å²) in [6.45, 7) is 6.32. The predicted octanol–water partition coefficient (Wildman–Crippen LogP) is 5.69. The van der Waals surface area contributed by atoms with Crippen LogP contribution in [-0.4, -0.2) is 27.5 Å². The van der Waals surface area contributed by atoms with Gasteiger partial charge < -0.3 is 5.73 Å². The first-order chi connectivity index (χ1) is 15.5. The van der Waals surface area contributed by atoms with Crippen molar-refractivity contribution in [3.8, 4) is 6.07 Å². The van der Waals surface area contributed by atoms with Crippen LogP contribution in [0.1, 0.15) is 56.4 Å². The van der Waals surface area contributed by atoms with Gasteiger partial charge in [0.05, 0.1) is 21.8 Å². The van der Waals surface area contributed by atoms with Crippen molar-refractivity contribution in [2.45, 2.75) is 60.9 Å². The highest BCUT2D eigenvalue weighted by Crippen LogP contribution is 2.50. The van der Waals surface area contributed by atoms with Gasteiger partial charge in [-0.25, -0.2) is 0 Å². The molecule has 0 spiro atoms. The van der Waals surface area contributed by atoms with Crippen molar-refractivity contribution in [2.24, 2.45) is 5.73 Å². The number of thiophene rings is 1. The summed E-state index contributed by atoms with van der Waals surface area (Å²) >= 11 is 6.59. The molecule has 4 rings (SSSR count). The van der Waals surface area contributed by atoms with Crippen molar-refractivity contribution in [2.75, 3.05) is 16.4 Å². The van der Waals surface area contributed by atoms with E-state index in [2.05, 4.69) is 43.1 Å². The van der Waals surface area contributed by atoms with E-state index in [1.807, 2.05) is 4.90 Å². The Bertz CT molecular complexity index is 1140. The Morgan fingerprint density at radius 1 is 1.22 bits per heavy atom. The molecule has 32 heavy (non-hydrogen) atoms. The van der Waals surface area contributed by atoms with Crippen LogP contribution in [0.5, 0.6) is 0 Å². The Hall–Kier alpha value is -1.80. The maximum Gasteiger partial charge on any atom is 0.219 e. The van der Waals surface area contributed by atoms with E-state index in [9.17, 15) is 10.1 Å². The third-order valence-corrected chi connectivity index (χ3v) is 9.88. The lowest BCUT2D eigenvalue weighted by molar-refractivity contribution is -0.116. The number of carbonyl (C=O) groups is 1. The highest BCUT2D eigenvalue weighted by Gasteiger charge is 2.42. The van der Waals surface area contributed by atoms with Crippen LogP contribution < -0.4 is 10.6 Å². The number of allylic oxidation sites excluding steroid dienone is 3. The molecule has 10 heteroatoms. The van der Waals surface area contributed by atoms with Crippen LogP contribution in [-0.2, 0) is 11.2 Å². The molecular formula is C22H25N5OS4. The van der Waals surface area contributed by atoms with E-state index in [-0.39, 0.29) is 5.78 Å². The van der Waals surface area contributed by atoms with Gasteiger partial charge in [-0.15, -0.1) is 33.3 Å². The molecule has 0 radical (unpaired) electrons. The Kier molecular flexibility index (Phi) is 7.30. The first kappa shape index (κ1) is 23.4. The fraction of sp³-hybridized carbons (Fsp3) is 0.455. The molecular weight excluding hydrogens is 479 g/mol. The average Bonchev–Trinajstić information content (AvgIpc) is 3.40. The zero-order chi connectivity index (χ0) is 22.8. The number of aryl methyl sites for hydroxylation is 1. The summed E-state index contributed by atoms with van der Waals surface area (Å²) in [5, 5.41) is 19.5. The summed E-state index contributed by atoms with van der Waals surface area (Å²) in [5.74, 6) is 1.88. The molecule has 1 unspecified atom stereocenters. The minimum Gasteiger partial charge on any atom is -0.384 e. The largest absolute Gasteiger partial charge is 0.384 e. The molecule has 0 saturated heterocycles. The SMILES string of the molecule is CCSc1nnc(N2C(N)=C(C#N)C(c3cc(CC)sc3SCC)C3=C2CCCC3=O)s1. The number of nitrogens with zero attached hydrogens (tertiary/aromatic N) is 4.